The van der Waals surface area contributed by atoms with Crippen molar-refractivity contribution in [3.63, 3.8) is 0 Å². The maximum absolute atomic E-state index is 12.5. The van der Waals surface area contributed by atoms with Gasteiger partial charge in [0.15, 0.2) is 0 Å². The molecule has 1 N–H and O–H groups in total. The first-order valence-corrected chi connectivity index (χ1v) is 8.35. The van der Waals surface area contributed by atoms with E-state index in [1.54, 1.807) is 4.90 Å². The number of aryl methyl sites for hydroxylation is 1. The lowest BCUT2D eigenvalue weighted by Crippen LogP contribution is -2.28. The van der Waals surface area contributed by atoms with Crippen molar-refractivity contribution in [1.29, 1.82) is 0 Å². The molecule has 8 heteroatoms. The maximum atomic E-state index is 12.5. The lowest BCUT2D eigenvalue weighted by Gasteiger charge is -2.19. The van der Waals surface area contributed by atoms with E-state index in [1.807, 2.05) is 31.2 Å². The van der Waals surface area contributed by atoms with Crippen molar-refractivity contribution in [3.8, 4) is 0 Å². The largest absolute Gasteiger partial charge is 0.324 e. The third kappa shape index (κ3) is 3.52. The summed E-state index contributed by atoms with van der Waals surface area (Å²) in [7, 11) is 0. The van der Waals surface area contributed by atoms with Crippen molar-refractivity contribution in [3.05, 3.63) is 63.2 Å². The SMILES string of the molecule is Cc1ccccc1N1CC(C(=O)Nc2ccc([N+](=O)[O-])cc2Cl)CC1=O. The topological polar surface area (TPSA) is 92.6 Å². The third-order valence-corrected chi connectivity index (χ3v) is 4.64. The highest BCUT2D eigenvalue weighted by Crippen LogP contribution is 2.30. The minimum Gasteiger partial charge on any atom is -0.324 e. The van der Waals surface area contributed by atoms with E-state index in [1.165, 1.54) is 18.2 Å². The van der Waals surface area contributed by atoms with Crippen molar-refractivity contribution in [2.75, 3.05) is 16.8 Å². The number of carbonyl (C=O) groups excluding carboxylic acids is 2. The first-order valence-electron chi connectivity index (χ1n) is 7.97. The van der Waals surface area contributed by atoms with Gasteiger partial charge in [-0.05, 0) is 24.6 Å². The first kappa shape index (κ1) is 17.9. The lowest BCUT2D eigenvalue weighted by atomic mass is 10.1. The van der Waals surface area contributed by atoms with Gasteiger partial charge < -0.3 is 10.2 Å². The summed E-state index contributed by atoms with van der Waals surface area (Å²) < 4.78 is 0. The molecule has 0 aromatic heterocycles. The average molecular weight is 374 g/mol. The van der Waals surface area contributed by atoms with E-state index in [9.17, 15) is 19.7 Å². The molecule has 1 heterocycles. The Hall–Kier alpha value is -2.93. The van der Waals surface area contributed by atoms with Gasteiger partial charge in [-0.15, -0.1) is 0 Å². The highest BCUT2D eigenvalue weighted by atomic mass is 35.5. The van der Waals surface area contributed by atoms with Crippen LogP contribution in [-0.4, -0.2) is 23.3 Å². The number of hydrogen-bond acceptors (Lipinski definition) is 4. The zero-order chi connectivity index (χ0) is 18.8. The third-order valence-electron chi connectivity index (χ3n) is 4.32. The molecule has 1 aliphatic rings. The number of benzene rings is 2. The average Bonchev–Trinajstić information content (AvgIpc) is 2.98. The Morgan fingerprint density at radius 3 is 2.69 bits per heavy atom. The molecule has 0 spiro atoms. The van der Waals surface area contributed by atoms with E-state index >= 15 is 0 Å². The van der Waals surface area contributed by atoms with Crippen molar-refractivity contribution in [2.45, 2.75) is 13.3 Å². The molecule has 2 aromatic rings. The quantitative estimate of drug-likeness (QED) is 0.655. The number of carbonyl (C=O) groups is 2. The van der Waals surface area contributed by atoms with Gasteiger partial charge in [0.25, 0.3) is 5.69 Å². The Bertz CT molecular complexity index is 900. The predicted octanol–water partition coefficient (Wildman–Crippen LogP) is 3.55. The number of nitrogens with one attached hydrogen (secondary N) is 1. The van der Waals surface area contributed by atoms with Crippen molar-refractivity contribution >= 4 is 40.5 Å². The Balaban J connectivity index is 1.73. The molecule has 2 aromatic carbocycles. The molecule has 3 rings (SSSR count). The van der Waals surface area contributed by atoms with Crippen LogP contribution in [0.1, 0.15) is 12.0 Å². The molecule has 26 heavy (non-hydrogen) atoms. The van der Waals surface area contributed by atoms with E-state index in [0.717, 1.165) is 11.3 Å². The van der Waals surface area contributed by atoms with Gasteiger partial charge in [-0.3, -0.25) is 19.7 Å². The fraction of sp³-hybridized carbons (Fsp3) is 0.222. The molecule has 1 fully saturated rings. The Morgan fingerprint density at radius 1 is 1.31 bits per heavy atom. The first-order chi connectivity index (χ1) is 12.4. The second kappa shape index (κ2) is 7.13. The number of rotatable bonds is 4. The number of anilines is 2. The second-order valence-electron chi connectivity index (χ2n) is 6.10. The van der Waals surface area contributed by atoms with Gasteiger partial charge in [-0.1, -0.05) is 29.8 Å². The molecule has 0 bridgehead atoms. The van der Waals surface area contributed by atoms with Crippen LogP contribution in [0.25, 0.3) is 0 Å². The number of non-ortho nitro benzene ring substituents is 1. The number of nitro benzene ring substituents is 1. The second-order valence-corrected chi connectivity index (χ2v) is 6.51. The smallest absolute Gasteiger partial charge is 0.271 e. The van der Waals surface area contributed by atoms with Crippen molar-refractivity contribution in [1.82, 2.24) is 0 Å². The molecule has 0 radical (unpaired) electrons. The van der Waals surface area contributed by atoms with Crippen LogP contribution in [0.4, 0.5) is 17.1 Å². The molecule has 134 valence electrons. The van der Waals surface area contributed by atoms with Gasteiger partial charge in [0.05, 0.1) is 21.6 Å². The van der Waals surface area contributed by atoms with E-state index in [4.69, 9.17) is 11.6 Å². The maximum Gasteiger partial charge on any atom is 0.271 e. The van der Waals surface area contributed by atoms with Gasteiger partial charge in [0.2, 0.25) is 11.8 Å². The van der Waals surface area contributed by atoms with Crippen LogP contribution < -0.4 is 10.2 Å². The summed E-state index contributed by atoms with van der Waals surface area (Å²) in [6.45, 7) is 2.19. The van der Waals surface area contributed by atoms with Crippen molar-refractivity contribution in [2.24, 2.45) is 5.92 Å². The minimum atomic E-state index is -0.562. The van der Waals surface area contributed by atoms with Gasteiger partial charge in [-0.25, -0.2) is 0 Å². The predicted molar refractivity (Wildman–Crippen MR) is 98.4 cm³/mol. The number of nitrogens with zero attached hydrogens (tertiary/aromatic N) is 2. The number of nitro groups is 1. The Kier molecular flexibility index (Phi) is 4.90. The monoisotopic (exact) mass is 373 g/mol. The van der Waals surface area contributed by atoms with E-state index < -0.39 is 10.8 Å². The van der Waals surface area contributed by atoms with Crippen LogP contribution in [0.3, 0.4) is 0 Å². The van der Waals surface area contributed by atoms with E-state index in [0.29, 0.717) is 0 Å². The summed E-state index contributed by atoms with van der Waals surface area (Å²) >= 11 is 6.00. The van der Waals surface area contributed by atoms with Crippen molar-refractivity contribution < 1.29 is 14.5 Å². The zero-order valence-corrected chi connectivity index (χ0v) is 14.7. The van der Waals surface area contributed by atoms with Gasteiger partial charge in [0, 0.05) is 30.8 Å². The molecule has 1 saturated heterocycles. The normalized spacial score (nSPS) is 16.6. The van der Waals surface area contributed by atoms with Crippen LogP contribution in [0.5, 0.6) is 0 Å². The Morgan fingerprint density at radius 2 is 2.04 bits per heavy atom. The molecule has 0 aliphatic carbocycles. The summed E-state index contributed by atoms with van der Waals surface area (Å²) in [4.78, 5) is 36.6. The van der Waals surface area contributed by atoms with Gasteiger partial charge in [-0.2, -0.15) is 0 Å². The summed E-state index contributed by atoms with van der Waals surface area (Å²) in [5.74, 6) is -0.979. The summed E-state index contributed by atoms with van der Waals surface area (Å²) in [6.07, 6.45) is 0.102. The number of halogens is 1. The fourth-order valence-corrected chi connectivity index (χ4v) is 3.16. The molecule has 7 nitrogen and oxygen atoms in total. The van der Waals surface area contributed by atoms with Crippen LogP contribution >= 0.6 is 11.6 Å². The van der Waals surface area contributed by atoms with E-state index in [-0.39, 0.29) is 41.2 Å². The van der Waals surface area contributed by atoms with E-state index in [2.05, 4.69) is 5.32 Å². The summed E-state index contributed by atoms with van der Waals surface area (Å²) in [6, 6.07) is 11.3. The highest BCUT2D eigenvalue weighted by molar-refractivity contribution is 6.34. The van der Waals surface area contributed by atoms with Gasteiger partial charge >= 0.3 is 0 Å². The molecular weight excluding hydrogens is 358 g/mol. The molecule has 1 atom stereocenters. The standard InChI is InChI=1S/C18H16ClN3O4/c1-11-4-2-3-5-16(11)21-10-12(8-17(21)23)18(24)20-15-7-6-13(22(25)26)9-14(15)19/h2-7,9,12H,8,10H2,1H3,(H,20,24). The van der Waals surface area contributed by atoms with Crippen LogP contribution in [0, 0.1) is 23.0 Å². The highest BCUT2D eigenvalue weighted by Gasteiger charge is 2.35. The number of hydrogen-bond donors (Lipinski definition) is 1. The molecule has 1 aliphatic heterocycles. The molecule has 0 saturated carbocycles. The molecular formula is C18H16ClN3O4. The fourth-order valence-electron chi connectivity index (χ4n) is 2.94. The molecule has 2 amide bonds. The lowest BCUT2D eigenvalue weighted by molar-refractivity contribution is -0.384. The van der Waals surface area contributed by atoms with Gasteiger partial charge in [0.1, 0.15) is 0 Å². The minimum absolute atomic E-state index is 0.0765. The van der Waals surface area contributed by atoms with Crippen LogP contribution in [-0.2, 0) is 9.59 Å². The summed E-state index contributed by atoms with van der Waals surface area (Å²) in [5.41, 5.74) is 1.88. The zero-order valence-electron chi connectivity index (χ0n) is 13.9. The van der Waals surface area contributed by atoms with Crippen LogP contribution in [0.15, 0.2) is 42.5 Å². The molecule has 1 unspecified atom stereocenters. The Labute approximate surface area is 154 Å². The number of amides is 2. The van der Waals surface area contributed by atoms with Crippen LogP contribution in [0.2, 0.25) is 5.02 Å². The summed E-state index contributed by atoms with van der Waals surface area (Å²) in [5, 5.41) is 13.5. The number of para-hydroxylation sites is 1.